The number of nitrogen functional groups attached to an aromatic ring is 1. The number of halogens is 1. The summed E-state index contributed by atoms with van der Waals surface area (Å²) in [6.07, 6.45) is 5.11. The van der Waals surface area contributed by atoms with Gasteiger partial charge in [-0.15, -0.1) is 0 Å². The number of likely N-dealkylation sites (tertiary alicyclic amines) is 2. The Morgan fingerprint density at radius 3 is 2.37 bits per heavy atom. The second kappa shape index (κ2) is 14.5. The summed E-state index contributed by atoms with van der Waals surface area (Å²) in [5, 5.41) is 6.89. The van der Waals surface area contributed by atoms with Gasteiger partial charge in [-0.3, -0.25) is 4.79 Å². The van der Waals surface area contributed by atoms with E-state index in [1.165, 1.54) is 12.8 Å². The summed E-state index contributed by atoms with van der Waals surface area (Å²) < 4.78 is 6.06. The number of fused-ring (bicyclic) bond motifs is 1. The number of anilines is 2. The summed E-state index contributed by atoms with van der Waals surface area (Å²) in [7, 11) is 0. The lowest BCUT2D eigenvalue weighted by Crippen LogP contribution is -2.52. The van der Waals surface area contributed by atoms with E-state index in [1.807, 2.05) is 47.1 Å². The Morgan fingerprint density at radius 1 is 0.978 bits per heavy atom. The van der Waals surface area contributed by atoms with Crippen molar-refractivity contribution < 1.29 is 19.1 Å². The van der Waals surface area contributed by atoms with Gasteiger partial charge in [-0.1, -0.05) is 42.8 Å². The van der Waals surface area contributed by atoms with Crippen LogP contribution in [0.5, 0.6) is 0 Å². The minimum Gasteiger partial charge on any atom is -0.436 e. The average molecular weight is 651 g/mol. The van der Waals surface area contributed by atoms with E-state index >= 15 is 0 Å². The van der Waals surface area contributed by atoms with Gasteiger partial charge >= 0.3 is 12.1 Å². The molecule has 46 heavy (non-hydrogen) atoms. The van der Waals surface area contributed by atoms with Gasteiger partial charge in [-0.2, -0.15) is 0 Å². The molecule has 0 saturated carbocycles. The number of benzene rings is 2. The van der Waals surface area contributed by atoms with Crippen LogP contribution in [0, 0.1) is 11.8 Å². The van der Waals surface area contributed by atoms with Crippen LogP contribution in [0.15, 0.2) is 36.4 Å². The normalized spacial score (nSPS) is 20.7. The molecule has 6 rings (SSSR count). The van der Waals surface area contributed by atoms with Crippen molar-refractivity contribution in [3.8, 4) is 0 Å². The molecule has 11 heteroatoms. The highest BCUT2D eigenvalue weighted by Gasteiger charge is 2.37. The molecule has 2 aromatic rings. The van der Waals surface area contributed by atoms with Crippen molar-refractivity contribution in [2.75, 3.05) is 50.3 Å². The third kappa shape index (κ3) is 7.23. The zero-order valence-corrected chi connectivity index (χ0v) is 27.6. The summed E-state index contributed by atoms with van der Waals surface area (Å²) in [6.45, 7) is 6.96. The Hall–Kier alpha value is -3.50. The van der Waals surface area contributed by atoms with Crippen LogP contribution in [0.2, 0.25) is 5.02 Å². The number of rotatable bonds is 7. The number of carbonyl (C=O) groups excluding carboxylic acids is 3. The van der Waals surface area contributed by atoms with Crippen molar-refractivity contribution in [1.29, 1.82) is 0 Å². The van der Waals surface area contributed by atoms with Gasteiger partial charge in [0.05, 0.1) is 10.7 Å². The number of carbonyl (C=O) groups is 3. The summed E-state index contributed by atoms with van der Waals surface area (Å²) in [6, 6.07) is 11.5. The summed E-state index contributed by atoms with van der Waals surface area (Å²) in [4.78, 5) is 45.9. The molecule has 4 heterocycles. The Kier molecular flexibility index (Phi) is 10.2. The van der Waals surface area contributed by atoms with Crippen molar-refractivity contribution in [2.24, 2.45) is 11.8 Å². The van der Waals surface area contributed by atoms with Crippen LogP contribution < -0.4 is 16.4 Å². The van der Waals surface area contributed by atoms with Crippen molar-refractivity contribution >= 4 is 41.0 Å². The molecule has 1 atom stereocenters. The number of nitrogens with zero attached hydrogens (tertiary/aromatic N) is 3. The van der Waals surface area contributed by atoms with Crippen LogP contribution in [0.1, 0.15) is 62.1 Å². The first kappa shape index (κ1) is 32.4. The number of para-hydroxylation sites is 1. The molecule has 0 radical (unpaired) electrons. The fourth-order valence-electron chi connectivity index (χ4n) is 7.73. The summed E-state index contributed by atoms with van der Waals surface area (Å²) >= 11 is 6.47. The molecule has 0 aliphatic carbocycles. The van der Waals surface area contributed by atoms with E-state index in [4.69, 9.17) is 22.1 Å². The van der Waals surface area contributed by atoms with Gasteiger partial charge < -0.3 is 35.8 Å². The number of nitrogens with one attached hydrogen (secondary N) is 2. The Morgan fingerprint density at radius 2 is 1.65 bits per heavy atom. The zero-order valence-electron chi connectivity index (χ0n) is 26.8. The van der Waals surface area contributed by atoms with E-state index in [0.29, 0.717) is 74.5 Å². The summed E-state index contributed by atoms with van der Waals surface area (Å²) in [5.74, 6) is 1.19. The van der Waals surface area contributed by atoms with Gasteiger partial charge in [0.2, 0.25) is 0 Å². The molecule has 3 fully saturated rings. The van der Waals surface area contributed by atoms with Crippen LogP contribution in [0.25, 0.3) is 0 Å². The lowest BCUT2D eigenvalue weighted by atomic mass is 9.79. The fraction of sp³-hybridized carbons (Fsp3) is 0.571. The average Bonchev–Trinajstić information content (AvgIpc) is 3.09. The molecule has 0 unspecified atom stereocenters. The van der Waals surface area contributed by atoms with Gasteiger partial charge in [0.25, 0.3) is 5.91 Å². The van der Waals surface area contributed by atoms with E-state index in [0.717, 1.165) is 48.3 Å². The molecule has 4 aliphatic heterocycles. The summed E-state index contributed by atoms with van der Waals surface area (Å²) in [5.41, 5.74) is 10.4. The minimum absolute atomic E-state index is 0.0143. The SMILES string of the molecule is CCc1cc(C[C@@H](OC(=O)N2CCC(N3Cc4ccccc4NC3=O)CC2)C(=O)N2CCC(C3CCNCC3)CC2)cc(Cl)c1N. The van der Waals surface area contributed by atoms with E-state index in [2.05, 4.69) is 10.6 Å². The number of ether oxygens (including phenoxy) is 1. The third-order valence-electron chi connectivity index (χ3n) is 10.5. The number of amides is 4. The second-order valence-electron chi connectivity index (χ2n) is 13.3. The van der Waals surface area contributed by atoms with Crippen molar-refractivity contribution in [3.05, 3.63) is 58.1 Å². The molecule has 4 N–H and O–H groups in total. The van der Waals surface area contributed by atoms with Gasteiger partial charge in [-0.25, -0.2) is 9.59 Å². The van der Waals surface area contributed by atoms with Crippen molar-refractivity contribution in [3.63, 3.8) is 0 Å². The van der Waals surface area contributed by atoms with Crippen molar-refractivity contribution in [1.82, 2.24) is 20.0 Å². The van der Waals surface area contributed by atoms with Gasteiger partial charge in [0.15, 0.2) is 6.10 Å². The molecule has 0 spiro atoms. The van der Waals surface area contributed by atoms with Crippen LogP contribution in [0.3, 0.4) is 0 Å². The zero-order chi connectivity index (χ0) is 32.2. The molecule has 4 aliphatic rings. The smallest absolute Gasteiger partial charge is 0.410 e. The second-order valence-corrected chi connectivity index (χ2v) is 13.7. The number of aryl methyl sites for hydroxylation is 1. The first-order valence-corrected chi connectivity index (χ1v) is 17.4. The number of urea groups is 1. The lowest BCUT2D eigenvalue weighted by molar-refractivity contribution is -0.142. The first-order chi connectivity index (χ1) is 22.3. The van der Waals surface area contributed by atoms with Crippen LogP contribution in [-0.4, -0.2) is 84.1 Å². The highest BCUT2D eigenvalue weighted by molar-refractivity contribution is 6.33. The molecule has 2 aromatic carbocycles. The van der Waals surface area contributed by atoms with E-state index in [9.17, 15) is 14.4 Å². The highest BCUT2D eigenvalue weighted by atomic mass is 35.5. The third-order valence-corrected chi connectivity index (χ3v) is 10.8. The van der Waals surface area contributed by atoms with Gasteiger partial charge in [-0.05, 0) is 98.7 Å². The molecule has 10 nitrogen and oxygen atoms in total. The molecule has 3 saturated heterocycles. The van der Waals surface area contributed by atoms with Crippen LogP contribution in [0.4, 0.5) is 21.0 Å². The molecular formula is C35H47ClN6O4. The topological polar surface area (TPSA) is 120 Å². The van der Waals surface area contributed by atoms with Crippen LogP contribution in [-0.2, 0) is 28.9 Å². The molecule has 248 valence electrons. The predicted octanol–water partition coefficient (Wildman–Crippen LogP) is 5.28. The molecule has 4 amide bonds. The van der Waals surface area contributed by atoms with Crippen LogP contribution >= 0.6 is 11.6 Å². The van der Waals surface area contributed by atoms with E-state index < -0.39 is 12.2 Å². The standard InChI is InChI=1S/C35H47ClN6O4/c1-2-24-19-23(20-29(36)32(24)37)21-31(33(43)40-15-9-26(10-16-40)25-7-13-38-14-8-25)46-35(45)41-17-11-28(12-18-41)42-22-27-5-3-4-6-30(27)39-34(42)44/h3-6,19-20,25-26,28,31,38H,2,7-18,21-22,37H2,1H3,(H,39,44)/t31-/m1/s1. The molecule has 0 aromatic heterocycles. The van der Waals surface area contributed by atoms with E-state index in [-0.39, 0.29) is 24.4 Å². The largest absolute Gasteiger partial charge is 0.436 e. The van der Waals surface area contributed by atoms with Gasteiger partial charge in [0, 0.05) is 50.9 Å². The molecule has 0 bridgehead atoms. The maximum absolute atomic E-state index is 14.0. The Balaban J connectivity index is 1.10. The first-order valence-electron chi connectivity index (χ1n) is 17.0. The number of nitrogens with two attached hydrogens (primary N) is 1. The maximum Gasteiger partial charge on any atom is 0.410 e. The molecular weight excluding hydrogens is 604 g/mol. The minimum atomic E-state index is -0.963. The Bertz CT molecular complexity index is 1420. The number of hydrogen-bond acceptors (Lipinski definition) is 6. The maximum atomic E-state index is 14.0. The fourth-order valence-corrected chi connectivity index (χ4v) is 7.99. The monoisotopic (exact) mass is 650 g/mol. The predicted molar refractivity (Wildman–Crippen MR) is 180 cm³/mol. The number of hydrogen-bond donors (Lipinski definition) is 3. The van der Waals surface area contributed by atoms with Crippen molar-refractivity contribution in [2.45, 2.75) is 77.0 Å². The van der Waals surface area contributed by atoms with Gasteiger partial charge in [0.1, 0.15) is 0 Å². The van der Waals surface area contributed by atoms with E-state index in [1.54, 1.807) is 11.0 Å². The number of piperidine rings is 3. The quantitative estimate of drug-likeness (QED) is 0.351. The lowest BCUT2D eigenvalue weighted by Gasteiger charge is -2.41. The Labute approximate surface area is 276 Å². The highest BCUT2D eigenvalue weighted by Crippen LogP contribution is 2.32.